The van der Waals surface area contributed by atoms with E-state index < -0.39 is 12.0 Å². The van der Waals surface area contributed by atoms with E-state index in [0.717, 1.165) is 53.0 Å². The molecular formula is C27H29N3O3. The molecule has 1 aliphatic heterocycles. The van der Waals surface area contributed by atoms with Crippen LogP contribution in [-0.4, -0.2) is 39.5 Å². The SMILES string of the molecule is Cc1nc(C(=O)Nc2cccc(-c3ccccc3)c2C)ccc1CN1CCCC[C@H]1C(=O)O. The Kier molecular flexibility index (Phi) is 6.84. The summed E-state index contributed by atoms with van der Waals surface area (Å²) in [6.07, 6.45) is 2.61. The normalized spacial score (nSPS) is 16.4. The molecule has 1 aliphatic rings. The van der Waals surface area contributed by atoms with E-state index in [1.165, 1.54) is 0 Å². The van der Waals surface area contributed by atoms with E-state index >= 15 is 0 Å². The average molecular weight is 444 g/mol. The minimum absolute atomic E-state index is 0.264. The number of piperidine rings is 1. The Balaban J connectivity index is 1.50. The lowest BCUT2D eigenvalue weighted by molar-refractivity contribution is -0.144. The Morgan fingerprint density at radius 2 is 1.82 bits per heavy atom. The molecule has 1 aromatic heterocycles. The fourth-order valence-electron chi connectivity index (χ4n) is 4.45. The van der Waals surface area contributed by atoms with Crippen LogP contribution in [0, 0.1) is 13.8 Å². The minimum atomic E-state index is -0.774. The van der Waals surface area contributed by atoms with E-state index in [0.29, 0.717) is 18.7 Å². The first-order valence-electron chi connectivity index (χ1n) is 11.3. The molecule has 0 unspecified atom stereocenters. The predicted octanol–water partition coefficient (Wildman–Crippen LogP) is 5.06. The molecule has 170 valence electrons. The zero-order chi connectivity index (χ0) is 23.4. The first kappa shape index (κ1) is 22.7. The van der Waals surface area contributed by atoms with Gasteiger partial charge in [0.1, 0.15) is 11.7 Å². The number of aryl methyl sites for hydroxylation is 1. The van der Waals surface area contributed by atoms with Gasteiger partial charge in [-0.15, -0.1) is 0 Å². The van der Waals surface area contributed by atoms with Gasteiger partial charge in [0, 0.05) is 17.9 Å². The molecular weight excluding hydrogens is 414 g/mol. The average Bonchev–Trinajstić information content (AvgIpc) is 2.82. The molecule has 33 heavy (non-hydrogen) atoms. The highest BCUT2D eigenvalue weighted by Gasteiger charge is 2.28. The van der Waals surface area contributed by atoms with Crippen molar-refractivity contribution in [3.63, 3.8) is 0 Å². The number of hydrogen-bond acceptors (Lipinski definition) is 4. The summed E-state index contributed by atoms with van der Waals surface area (Å²) in [5.74, 6) is -1.04. The zero-order valence-electron chi connectivity index (χ0n) is 19.0. The molecule has 0 bridgehead atoms. The lowest BCUT2D eigenvalue weighted by Gasteiger charge is -2.33. The topological polar surface area (TPSA) is 82.5 Å². The van der Waals surface area contributed by atoms with Crippen LogP contribution in [0.3, 0.4) is 0 Å². The van der Waals surface area contributed by atoms with Gasteiger partial charge in [-0.3, -0.25) is 14.5 Å². The van der Waals surface area contributed by atoms with Gasteiger partial charge in [-0.25, -0.2) is 4.98 Å². The number of hydrogen-bond donors (Lipinski definition) is 2. The summed E-state index contributed by atoms with van der Waals surface area (Å²) in [5.41, 5.74) is 5.95. The van der Waals surface area contributed by atoms with Gasteiger partial charge in [-0.1, -0.05) is 55.0 Å². The van der Waals surface area contributed by atoms with E-state index in [1.807, 2.05) is 61.2 Å². The number of carboxylic acids is 1. The van der Waals surface area contributed by atoms with E-state index in [-0.39, 0.29) is 5.91 Å². The maximum atomic E-state index is 12.9. The van der Waals surface area contributed by atoms with E-state index in [2.05, 4.69) is 22.4 Å². The van der Waals surface area contributed by atoms with Crippen LogP contribution < -0.4 is 5.32 Å². The number of carbonyl (C=O) groups is 2. The van der Waals surface area contributed by atoms with Crippen molar-refractivity contribution in [3.05, 3.63) is 83.2 Å². The quantitative estimate of drug-likeness (QED) is 0.557. The van der Waals surface area contributed by atoms with Crippen molar-refractivity contribution in [1.29, 1.82) is 0 Å². The van der Waals surface area contributed by atoms with Crippen molar-refractivity contribution in [2.45, 2.75) is 45.7 Å². The van der Waals surface area contributed by atoms with Gasteiger partial charge >= 0.3 is 5.97 Å². The van der Waals surface area contributed by atoms with Gasteiger partial charge in [0.15, 0.2) is 0 Å². The van der Waals surface area contributed by atoms with Crippen LogP contribution in [0.4, 0.5) is 5.69 Å². The second-order valence-electron chi connectivity index (χ2n) is 8.56. The Morgan fingerprint density at radius 1 is 1.03 bits per heavy atom. The van der Waals surface area contributed by atoms with E-state index in [9.17, 15) is 14.7 Å². The van der Waals surface area contributed by atoms with Crippen molar-refractivity contribution in [2.24, 2.45) is 0 Å². The van der Waals surface area contributed by atoms with Crippen molar-refractivity contribution in [2.75, 3.05) is 11.9 Å². The number of benzene rings is 2. The molecule has 1 saturated heterocycles. The van der Waals surface area contributed by atoms with Crippen molar-refractivity contribution >= 4 is 17.6 Å². The summed E-state index contributed by atoms with van der Waals surface area (Å²) in [6, 6.07) is 19.1. The fraction of sp³-hybridized carbons (Fsp3) is 0.296. The Bertz CT molecular complexity index is 1160. The molecule has 0 saturated carbocycles. The number of carboxylic acid groups (broad SMARTS) is 1. The molecule has 1 amide bonds. The third kappa shape index (κ3) is 5.12. The van der Waals surface area contributed by atoms with Crippen LogP contribution in [0.1, 0.15) is 46.6 Å². The van der Waals surface area contributed by atoms with Gasteiger partial charge in [0.05, 0.1) is 0 Å². The zero-order valence-corrected chi connectivity index (χ0v) is 19.0. The van der Waals surface area contributed by atoms with Crippen LogP contribution >= 0.6 is 0 Å². The molecule has 1 atom stereocenters. The number of aromatic nitrogens is 1. The Labute approximate surface area is 194 Å². The second kappa shape index (κ2) is 9.96. The lowest BCUT2D eigenvalue weighted by atomic mass is 9.99. The van der Waals surface area contributed by atoms with Crippen LogP contribution in [0.2, 0.25) is 0 Å². The third-order valence-electron chi connectivity index (χ3n) is 6.37. The smallest absolute Gasteiger partial charge is 0.320 e. The summed E-state index contributed by atoms with van der Waals surface area (Å²) in [6.45, 7) is 5.15. The highest BCUT2D eigenvalue weighted by atomic mass is 16.4. The number of rotatable bonds is 6. The molecule has 3 aromatic rings. The largest absolute Gasteiger partial charge is 0.480 e. The molecule has 2 aromatic carbocycles. The molecule has 0 spiro atoms. The van der Waals surface area contributed by atoms with Crippen molar-refractivity contribution in [1.82, 2.24) is 9.88 Å². The first-order valence-corrected chi connectivity index (χ1v) is 11.3. The van der Waals surface area contributed by atoms with Gasteiger partial charge in [0.2, 0.25) is 0 Å². The molecule has 4 rings (SSSR count). The summed E-state index contributed by atoms with van der Waals surface area (Å²) in [4.78, 5) is 31.1. The minimum Gasteiger partial charge on any atom is -0.480 e. The number of carbonyl (C=O) groups excluding carboxylic acids is 1. The fourth-order valence-corrected chi connectivity index (χ4v) is 4.45. The van der Waals surface area contributed by atoms with Crippen LogP contribution in [-0.2, 0) is 11.3 Å². The number of aliphatic carboxylic acids is 1. The number of anilines is 1. The molecule has 2 heterocycles. The van der Waals surface area contributed by atoms with Gasteiger partial charge in [-0.05, 0) is 67.6 Å². The number of nitrogens with one attached hydrogen (secondary N) is 1. The van der Waals surface area contributed by atoms with Crippen LogP contribution in [0.15, 0.2) is 60.7 Å². The maximum absolute atomic E-state index is 12.9. The highest BCUT2D eigenvalue weighted by molar-refractivity contribution is 6.03. The highest BCUT2D eigenvalue weighted by Crippen LogP contribution is 2.28. The van der Waals surface area contributed by atoms with Crippen LogP contribution in [0.5, 0.6) is 0 Å². The molecule has 6 nitrogen and oxygen atoms in total. The number of pyridine rings is 1. The molecule has 6 heteroatoms. The molecule has 0 radical (unpaired) electrons. The van der Waals surface area contributed by atoms with E-state index in [1.54, 1.807) is 6.07 Å². The summed E-state index contributed by atoms with van der Waals surface area (Å²) < 4.78 is 0. The van der Waals surface area contributed by atoms with E-state index in [4.69, 9.17) is 0 Å². The Morgan fingerprint density at radius 3 is 2.55 bits per heavy atom. The van der Waals surface area contributed by atoms with Gasteiger partial charge in [0.25, 0.3) is 5.91 Å². The summed E-state index contributed by atoms with van der Waals surface area (Å²) >= 11 is 0. The molecule has 1 fully saturated rings. The maximum Gasteiger partial charge on any atom is 0.320 e. The summed E-state index contributed by atoms with van der Waals surface area (Å²) in [5, 5.41) is 12.5. The van der Waals surface area contributed by atoms with Crippen molar-refractivity contribution < 1.29 is 14.7 Å². The van der Waals surface area contributed by atoms with Crippen molar-refractivity contribution in [3.8, 4) is 11.1 Å². The number of nitrogens with zero attached hydrogens (tertiary/aromatic N) is 2. The second-order valence-corrected chi connectivity index (χ2v) is 8.56. The lowest BCUT2D eigenvalue weighted by Crippen LogP contribution is -2.44. The summed E-state index contributed by atoms with van der Waals surface area (Å²) in [7, 11) is 0. The van der Waals surface area contributed by atoms with Gasteiger partial charge < -0.3 is 10.4 Å². The van der Waals surface area contributed by atoms with Gasteiger partial charge in [-0.2, -0.15) is 0 Å². The third-order valence-corrected chi connectivity index (χ3v) is 6.37. The number of amides is 1. The predicted molar refractivity (Wildman–Crippen MR) is 129 cm³/mol. The van der Waals surface area contributed by atoms with Crippen LogP contribution in [0.25, 0.3) is 11.1 Å². The monoisotopic (exact) mass is 443 g/mol. The standard InChI is InChI=1S/C27H29N3O3/c1-18-22(20-9-4-3-5-10-20)11-8-12-23(18)29-26(31)24-15-14-21(19(2)28-24)17-30-16-7-6-13-25(30)27(32)33/h3-5,8-12,14-15,25H,6-7,13,16-17H2,1-2H3,(H,29,31)(H,32,33)/t25-/m0/s1. The molecule has 0 aliphatic carbocycles. The Hall–Kier alpha value is -3.51. The number of likely N-dealkylation sites (tertiary alicyclic amines) is 1. The first-order chi connectivity index (χ1) is 15.9. The molecule has 2 N–H and O–H groups in total.